The Balaban J connectivity index is 1.05. The number of carbonyl (C=O) groups excluding carboxylic acids is 1. The monoisotopic (exact) mass is 822 g/mol. The van der Waals surface area contributed by atoms with Crippen molar-refractivity contribution in [2.75, 3.05) is 64.1 Å². The van der Waals surface area contributed by atoms with Gasteiger partial charge in [-0.05, 0) is 89.5 Å². The standard InChI is InChI=1S/C45H52F2N6O5Si/c1-59(2,3)17-16-56-28-53-41(39-7-4-29(23-49-39)24-50-10-12-51(13-11-50)33-26-57-27-33)22-36-34(8-9-48-44(36)53)35-20-32(46)21-40(37(35)25-54)52-14-15-58-42-19-31(30-5-6-30)18-38(47)43(42)45(52)55/h4,7-9,18-23,30,33,54H,5-6,10-17,24-28H2,1-3H3. The highest BCUT2D eigenvalue weighted by atomic mass is 28.3. The van der Waals surface area contributed by atoms with E-state index in [1.165, 1.54) is 23.1 Å². The minimum absolute atomic E-state index is 0.0381. The van der Waals surface area contributed by atoms with Gasteiger partial charge in [0, 0.05) is 70.7 Å². The maximum atomic E-state index is 15.9. The second-order valence-electron chi connectivity index (χ2n) is 17.5. The van der Waals surface area contributed by atoms with E-state index in [4.69, 9.17) is 24.2 Å². The van der Waals surface area contributed by atoms with Crippen molar-refractivity contribution in [3.05, 3.63) is 94.8 Å². The van der Waals surface area contributed by atoms with E-state index in [1.807, 2.05) is 22.9 Å². The molecule has 5 aromatic rings. The van der Waals surface area contributed by atoms with Gasteiger partial charge in [0.15, 0.2) is 0 Å². The first-order valence-electron chi connectivity index (χ1n) is 20.8. The number of aliphatic hydroxyl groups excluding tert-OH is 1. The lowest BCUT2D eigenvalue weighted by Crippen LogP contribution is -2.56. The van der Waals surface area contributed by atoms with Gasteiger partial charge in [0.05, 0.1) is 49.5 Å². The molecule has 310 valence electrons. The predicted molar refractivity (Wildman–Crippen MR) is 225 cm³/mol. The van der Waals surface area contributed by atoms with Gasteiger partial charge >= 0.3 is 0 Å². The zero-order valence-corrected chi connectivity index (χ0v) is 35.1. The zero-order valence-electron chi connectivity index (χ0n) is 34.1. The van der Waals surface area contributed by atoms with E-state index in [1.54, 1.807) is 18.3 Å². The normalized spacial score (nSPS) is 18.2. The Morgan fingerprint density at radius 2 is 1.76 bits per heavy atom. The van der Waals surface area contributed by atoms with Crippen LogP contribution >= 0.6 is 0 Å². The van der Waals surface area contributed by atoms with E-state index < -0.39 is 32.2 Å². The number of amides is 1. The van der Waals surface area contributed by atoms with Gasteiger partial charge in [-0.2, -0.15) is 0 Å². The molecule has 0 spiro atoms. The Morgan fingerprint density at radius 1 is 0.949 bits per heavy atom. The van der Waals surface area contributed by atoms with Crippen molar-refractivity contribution in [1.82, 2.24) is 24.3 Å². The molecule has 4 aliphatic rings. The molecule has 0 radical (unpaired) electrons. The molecule has 3 aliphatic heterocycles. The van der Waals surface area contributed by atoms with Crippen LogP contribution in [-0.2, 0) is 29.4 Å². The second kappa shape index (κ2) is 16.5. The number of piperazine rings is 1. The maximum absolute atomic E-state index is 15.9. The van der Waals surface area contributed by atoms with Crippen molar-refractivity contribution in [3.63, 3.8) is 0 Å². The van der Waals surface area contributed by atoms with Crippen molar-refractivity contribution in [2.24, 2.45) is 0 Å². The summed E-state index contributed by atoms with van der Waals surface area (Å²) in [5.74, 6) is -1.46. The number of pyridine rings is 2. The molecule has 1 amide bonds. The first-order valence-corrected chi connectivity index (χ1v) is 24.5. The predicted octanol–water partition coefficient (Wildman–Crippen LogP) is 7.28. The second-order valence-corrected chi connectivity index (χ2v) is 23.1. The largest absolute Gasteiger partial charge is 0.491 e. The third kappa shape index (κ3) is 8.31. The third-order valence-corrected chi connectivity index (χ3v) is 13.8. The molecule has 11 nitrogen and oxygen atoms in total. The van der Waals surface area contributed by atoms with Crippen molar-refractivity contribution >= 4 is 30.7 Å². The summed E-state index contributed by atoms with van der Waals surface area (Å²) < 4.78 is 51.2. The number of anilines is 1. The summed E-state index contributed by atoms with van der Waals surface area (Å²) in [6.45, 7) is 13.9. The Morgan fingerprint density at radius 3 is 2.46 bits per heavy atom. The average molecular weight is 823 g/mol. The molecular weight excluding hydrogens is 771 g/mol. The molecule has 1 N–H and O–H groups in total. The highest BCUT2D eigenvalue weighted by Crippen LogP contribution is 2.44. The zero-order chi connectivity index (χ0) is 40.8. The number of nitrogens with zero attached hydrogens (tertiary/aromatic N) is 6. The topological polar surface area (TPSA) is 105 Å². The highest BCUT2D eigenvalue weighted by molar-refractivity contribution is 6.76. The molecule has 59 heavy (non-hydrogen) atoms. The van der Waals surface area contributed by atoms with Gasteiger partial charge in [0.1, 0.15) is 41.9 Å². The molecule has 3 aromatic heterocycles. The quantitative estimate of drug-likeness (QED) is 0.0970. The number of benzene rings is 2. The van der Waals surface area contributed by atoms with Gasteiger partial charge in [-0.15, -0.1) is 0 Å². The van der Waals surface area contributed by atoms with E-state index >= 15 is 8.78 Å². The van der Waals surface area contributed by atoms with Crippen LogP contribution in [0, 0.1) is 11.6 Å². The molecule has 2 saturated heterocycles. The third-order valence-electron chi connectivity index (χ3n) is 12.1. The molecule has 6 heterocycles. The van der Waals surface area contributed by atoms with E-state index in [9.17, 15) is 9.90 Å². The number of halogens is 2. The Bertz CT molecular complexity index is 2350. The number of carbonyl (C=O) groups is 1. The number of aromatic nitrogens is 3. The van der Waals surface area contributed by atoms with Gasteiger partial charge in [0.25, 0.3) is 5.91 Å². The smallest absolute Gasteiger partial charge is 0.265 e. The van der Waals surface area contributed by atoms with Crippen molar-refractivity contribution in [1.29, 1.82) is 0 Å². The number of fused-ring (bicyclic) bond motifs is 2. The Labute approximate surface area is 344 Å². The van der Waals surface area contributed by atoms with Crippen LogP contribution in [0.3, 0.4) is 0 Å². The minimum atomic E-state index is -1.36. The number of aliphatic hydroxyl groups is 1. The number of hydrogen-bond donors (Lipinski definition) is 1. The van der Waals surface area contributed by atoms with Gasteiger partial charge in [0.2, 0.25) is 0 Å². The Kier molecular flexibility index (Phi) is 11.1. The van der Waals surface area contributed by atoms with E-state index in [2.05, 4.69) is 35.5 Å². The van der Waals surface area contributed by atoms with Gasteiger partial charge in [-0.3, -0.25) is 24.1 Å². The summed E-state index contributed by atoms with van der Waals surface area (Å²) in [5, 5.41) is 11.7. The minimum Gasteiger partial charge on any atom is -0.491 e. The summed E-state index contributed by atoms with van der Waals surface area (Å²) in [4.78, 5) is 30.2. The van der Waals surface area contributed by atoms with Crippen molar-refractivity contribution < 1.29 is 32.9 Å². The summed E-state index contributed by atoms with van der Waals surface area (Å²) in [5.41, 5.74) is 5.39. The van der Waals surface area contributed by atoms with Crippen molar-refractivity contribution in [3.8, 4) is 28.3 Å². The molecule has 14 heteroatoms. The summed E-state index contributed by atoms with van der Waals surface area (Å²) >= 11 is 0. The molecule has 2 aromatic carbocycles. The van der Waals surface area contributed by atoms with Crippen LogP contribution in [0.1, 0.15) is 45.8 Å². The van der Waals surface area contributed by atoms with Crippen LogP contribution in [-0.4, -0.2) is 109 Å². The lowest BCUT2D eigenvalue weighted by Gasteiger charge is -2.42. The molecule has 9 rings (SSSR count). The summed E-state index contributed by atoms with van der Waals surface area (Å²) in [6.07, 6.45) is 5.54. The SMILES string of the molecule is C[Si](C)(C)CCOCn1c(-c2ccc(CN3CCN(C4COC4)CC3)cn2)cc2c(-c3cc(F)cc(N4CCOc5cc(C6CC6)cc(F)c5C4=O)c3CO)ccnc21. The molecule has 3 fully saturated rings. The van der Waals surface area contributed by atoms with Crippen LogP contribution in [0.2, 0.25) is 25.7 Å². The van der Waals surface area contributed by atoms with Crippen LogP contribution < -0.4 is 9.64 Å². The molecule has 0 bridgehead atoms. The fraction of sp³-hybridized carbons (Fsp3) is 0.444. The molecular formula is C45H52F2N6O5Si. The average Bonchev–Trinajstić information content (AvgIpc) is 4.00. The van der Waals surface area contributed by atoms with Gasteiger partial charge < -0.3 is 24.2 Å². The van der Waals surface area contributed by atoms with Crippen LogP contribution in [0.4, 0.5) is 14.5 Å². The fourth-order valence-electron chi connectivity index (χ4n) is 8.47. The van der Waals surface area contributed by atoms with E-state index in [0.717, 1.165) is 87.3 Å². The first kappa shape index (κ1) is 39.9. The fourth-order valence-corrected chi connectivity index (χ4v) is 9.22. The Hall–Kier alpha value is -4.57. The highest BCUT2D eigenvalue weighted by Gasteiger charge is 2.34. The van der Waals surface area contributed by atoms with Gasteiger partial charge in [-0.25, -0.2) is 13.8 Å². The van der Waals surface area contributed by atoms with Crippen LogP contribution in [0.15, 0.2) is 60.9 Å². The van der Waals surface area contributed by atoms with Crippen LogP contribution in [0.25, 0.3) is 33.5 Å². The van der Waals surface area contributed by atoms with Gasteiger partial charge in [-0.1, -0.05) is 25.7 Å². The van der Waals surface area contributed by atoms with E-state index in [0.29, 0.717) is 40.4 Å². The lowest BCUT2D eigenvalue weighted by molar-refractivity contribution is -0.0774. The maximum Gasteiger partial charge on any atom is 0.265 e. The number of ether oxygens (including phenoxy) is 3. The number of hydrogen-bond acceptors (Lipinski definition) is 9. The summed E-state index contributed by atoms with van der Waals surface area (Å²) in [7, 11) is -1.36. The number of rotatable bonds is 13. The van der Waals surface area contributed by atoms with Crippen LogP contribution in [0.5, 0.6) is 5.75 Å². The molecule has 1 aliphatic carbocycles. The van der Waals surface area contributed by atoms with Crippen molar-refractivity contribution in [2.45, 2.75) is 70.4 Å². The first-order chi connectivity index (χ1) is 28.5. The van der Waals surface area contributed by atoms with E-state index in [-0.39, 0.29) is 42.8 Å². The lowest BCUT2D eigenvalue weighted by atomic mass is 9.95. The summed E-state index contributed by atoms with van der Waals surface area (Å²) in [6, 6.07) is 15.2. The molecule has 0 atom stereocenters. The molecule has 1 saturated carbocycles. The molecule has 0 unspecified atom stereocenters.